The van der Waals surface area contributed by atoms with Crippen LogP contribution in [-0.4, -0.2) is 26.3 Å². The zero-order valence-electron chi connectivity index (χ0n) is 15.4. The van der Waals surface area contributed by atoms with Gasteiger partial charge in [-0.25, -0.2) is 13.1 Å². The van der Waals surface area contributed by atoms with Crippen LogP contribution < -0.4 is 15.4 Å². The van der Waals surface area contributed by atoms with E-state index in [0.29, 0.717) is 16.3 Å². The minimum Gasteiger partial charge on any atom is -0.468 e. The molecule has 0 bridgehead atoms. The van der Waals surface area contributed by atoms with Crippen molar-refractivity contribution in [2.24, 2.45) is 0 Å². The molecule has 152 valence electrons. The van der Waals surface area contributed by atoms with Gasteiger partial charge in [-0.05, 0) is 48.7 Å². The van der Waals surface area contributed by atoms with Crippen molar-refractivity contribution in [2.75, 3.05) is 5.32 Å². The Labute approximate surface area is 172 Å². The molecule has 0 unspecified atom stereocenters. The Bertz CT molecular complexity index is 1080. The lowest BCUT2D eigenvalue weighted by atomic mass is 10.2. The van der Waals surface area contributed by atoms with E-state index in [1.807, 2.05) is 0 Å². The molecule has 0 fully saturated rings. The highest BCUT2D eigenvalue weighted by molar-refractivity contribution is 7.89. The summed E-state index contributed by atoms with van der Waals surface area (Å²) >= 11 is 1.27. The van der Waals surface area contributed by atoms with E-state index < -0.39 is 22.0 Å². The topological polar surface area (TPSA) is 118 Å². The van der Waals surface area contributed by atoms with Crippen LogP contribution in [0.3, 0.4) is 0 Å². The molecule has 0 aliphatic rings. The summed E-state index contributed by atoms with van der Waals surface area (Å²) in [6.07, 6.45) is 1.46. The molecule has 3 aromatic rings. The molecular formula is C19H19N3O5S2. The summed E-state index contributed by atoms with van der Waals surface area (Å²) < 4.78 is 32.5. The fourth-order valence-corrected chi connectivity index (χ4v) is 4.06. The highest BCUT2D eigenvalue weighted by Gasteiger charge is 2.19. The number of rotatable bonds is 8. The number of hydrogen-bond acceptors (Lipinski definition) is 6. The van der Waals surface area contributed by atoms with Crippen LogP contribution in [0, 0.1) is 0 Å². The van der Waals surface area contributed by atoms with Crippen LogP contribution in [0.15, 0.2) is 69.5 Å². The van der Waals surface area contributed by atoms with Crippen molar-refractivity contribution in [1.82, 2.24) is 10.0 Å². The molecule has 3 N–H and O–H groups in total. The number of carbonyl (C=O) groups is 2. The van der Waals surface area contributed by atoms with Crippen molar-refractivity contribution in [1.29, 1.82) is 0 Å². The smallest absolute Gasteiger partial charge is 0.261 e. The minimum atomic E-state index is -3.79. The van der Waals surface area contributed by atoms with Gasteiger partial charge in [0.05, 0.1) is 22.6 Å². The Morgan fingerprint density at radius 3 is 2.66 bits per heavy atom. The zero-order valence-corrected chi connectivity index (χ0v) is 17.0. The molecule has 3 rings (SSSR count). The molecule has 0 radical (unpaired) electrons. The monoisotopic (exact) mass is 433 g/mol. The standard InChI is InChI=1S/C19H19N3O5S2/c1-13(21-19(24)17-8-4-10-28-17)18(23)22-14-5-2-7-16(11-14)29(25,26)20-12-15-6-3-9-27-15/h2-11,13,20H,12H2,1H3,(H,21,24)(H,22,23)/t13-/m0/s1. The first kappa shape index (κ1) is 20.8. The molecule has 8 nitrogen and oxygen atoms in total. The van der Waals surface area contributed by atoms with Crippen molar-refractivity contribution >= 4 is 38.9 Å². The summed E-state index contributed by atoms with van der Waals surface area (Å²) in [6.45, 7) is 1.56. The molecule has 2 amide bonds. The van der Waals surface area contributed by atoms with Gasteiger partial charge in [0.15, 0.2) is 0 Å². The van der Waals surface area contributed by atoms with Crippen LogP contribution in [-0.2, 0) is 21.4 Å². The van der Waals surface area contributed by atoms with Gasteiger partial charge in [-0.1, -0.05) is 12.1 Å². The van der Waals surface area contributed by atoms with E-state index in [4.69, 9.17) is 4.42 Å². The molecule has 1 atom stereocenters. The Hall–Kier alpha value is -2.95. The average molecular weight is 434 g/mol. The average Bonchev–Trinajstić information content (AvgIpc) is 3.40. The minimum absolute atomic E-state index is 0.00266. The first-order valence-electron chi connectivity index (χ1n) is 8.62. The first-order chi connectivity index (χ1) is 13.8. The van der Waals surface area contributed by atoms with Gasteiger partial charge in [-0.2, -0.15) is 0 Å². The van der Waals surface area contributed by atoms with Crippen LogP contribution in [0.25, 0.3) is 0 Å². The van der Waals surface area contributed by atoms with Gasteiger partial charge in [-0.15, -0.1) is 11.3 Å². The second-order valence-electron chi connectivity index (χ2n) is 6.09. The normalized spacial score (nSPS) is 12.3. The van der Waals surface area contributed by atoms with E-state index in [2.05, 4.69) is 15.4 Å². The molecule has 0 aliphatic heterocycles. The molecule has 1 aromatic carbocycles. The van der Waals surface area contributed by atoms with Crippen molar-refractivity contribution in [2.45, 2.75) is 24.4 Å². The predicted molar refractivity (Wildman–Crippen MR) is 109 cm³/mol. The quantitative estimate of drug-likeness (QED) is 0.505. The molecule has 0 saturated carbocycles. The number of sulfonamides is 1. The largest absolute Gasteiger partial charge is 0.468 e. The summed E-state index contributed by atoms with van der Waals surface area (Å²) in [4.78, 5) is 24.9. The zero-order chi connectivity index (χ0) is 20.9. The van der Waals surface area contributed by atoms with E-state index >= 15 is 0 Å². The molecule has 0 spiro atoms. The van der Waals surface area contributed by atoms with Crippen LogP contribution in [0.5, 0.6) is 0 Å². The first-order valence-corrected chi connectivity index (χ1v) is 11.0. The number of thiophene rings is 1. The molecule has 10 heteroatoms. The predicted octanol–water partition coefficient (Wildman–Crippen LogP) is 2.58. The fraction of sp³-hybridized carbons (Fsp3) is 0.158. The summed E-state index contributed by atoms with van der Waals surface area (Å²) in [6, 6.07) is 11.8. The van der Waals surface area contributed by atoms with E-state index in [0.717, 1.165) is 0 Å². The Morgan fingerprint density at radius 1 is 1.14 bits per heavy atom. The highest BCUT2D eigenvalue weighted by Crippen LogP contribution is 2.16. The van der Waals surface area contributed by atoms with Gasteiger partial charge in [0.2, 0.25) is 15.9 Å². The second kappa shape index (κ2) is 9.03. The van der Waals surface area contributed by atoms with Crippen LogP contribution in [0.2, 0.25) is 0 Å². The molecule has 0 aliphatic carbocycles. The van der Waals surface area contributed by atoms with E-state index in [-0.39, 0.29) is 17.3 Å². The van der Waals surface area contributed by atoms with Gasteiger partial charge in [0.25, 0.3) is 5.91 Å². The highest BCUT2D eigenvalue weighted by atomic mass is 32.2. The third kappa shape index (κ3) is 5.53. The molecule has 2 heterocycles. The number of carbonyl (C=O) groups excluding carboxylic acids is 2. The van der Waals surface area contributed by atoms with Crippen LogP contribution in [0.1, 0.15) is 22.4 Å². The van der Waals surface area contributed by atoms with Gasteiger partial charge in [0.1, 0.15) is 11.8 Å². The number of nitrogens with one attached hydrogen (secondary N) is 3. The third-order valence-electron chi connectivity index (χ3n) is 3.91. The van der Waals surface area contributed by atoms with Crippen molar-refractivity contribution in [3.05, 3.63) is 70.8 Å². The SMILES string of the molecule is C[C@H](NC(=O)c1cccs1)C(=O)Nc1cccc(S(=O)(=O)NCc2ccco2)c1. The summed E-state index contributed by atoms with van der Waals surface area (Å²) in [7, 11) is -3.79. The lowest BCUT2D eigenvalue weighted by molar-refractivity contribution is -0.117. The summed E-state index contributed by atoms with van der Waals surface area (Å²) in [5, 5.41) is 6.98. The number of anilines is 1. The third-order valence-corrected chi connectivity index (χ3v) is 6.18. The number of amides is 2. The summed E-state index contributed by atoms with van der Waals surface area (Å²) in [5.74, 6) is -0.331. The van der Waals surface area contributed by atoms with Crippen LogP contribution in [0.4, 0.5) is 5.69 Å². The van der Waals surface area contributed by atoms with Crippen molar-refractivity contribution < 1.29 is 22.4 Å². The van der Waals surface area contributed by atoms with Crippen molar-refractivity contribution in [3.8, 4) is 0 Å². The number of furan rings is 1. The van der Waals surface area contributed by atoms with Gasteiger partial charge < -0.3 is 15.1 Å². The van der Waals surface area contributed by atoms with E-state index in [9.17, 15) is 18.0 Å². The van der Waals surface area contributed by atoms with Gasteiger partial charge >= 0.3 is 0 Å². The van der Waals surface area contributed by atoms with Crippen LogP contribution >= 0.6 is 11.3 Å². The lowest BCUT2D eigenvalue weighted by Crippen LogP contribution is -2.41. The van der Waals surface area contributed by atoms with E-state index in [1.54, 1.807) is 42.6 Å². The number of benzene rings is 1. The van der Waals surface area contributed by atoms with Gasteiger partial charge in [-0.3, -0.25) is 9.59 Å². The lowest BCUT2D eigenvalue weighted by Gasteiger charge is -2.14. The summed E-state index contributed by atoms with van der Waals surface area (Å²) in [5.41, 5.74) is 0.299. The van der Waals surface area contributed by atoms with E-state index in [1.165, 1.54) is 35.8 Å². The maximum atomic E-state index is 12.5. The Balaban J connectivity index is 1.62. The Kier molecular flexibility index (Phi) is 6.47. The maximum absolute atomic E-state index is 12.5. The molecular weight excluding hydrogens is 414 g/mol. The molecule has 29 heavy (non-hydrogen) atoms. The van der Waals surface area contributed by atoms with Gasteiger partial charge in [0, 0.05) is 5.69 Å². The Morgan fingerprint density at radius 2 is 1.97 bits per heavy atom. The fourth-order valence-electron chi connectivity index (χ4n) is 2.40. The molecule has 2 aromatic heterocycles. The second-order valence-corrected chi connectivity index (χ2v) is 8.81. The van der Waals surface area contributed by atoms with Crippen molar-refractivity contribution in [3.63, 3.8) is 0 Å². The number of hydrogen-bond donors (Lipinski definition) is 3. The maximum Gasteiger partial charge on any atom is 0.261 e. The molecule has 0 saturated heterocycles.